The Labute approximate surface area is 230 Å². The number of benzene rings is 3. The molecule has 0 bridgehead atoms. The second-order valence-corrected chi connectivity index (χ2v) is 10.2. The van der Waals surface area contributed by atoms with E-state index in [-0.39, 0.29) is 17.2 Å². The zero-order valence-electron chi connectivity index (χ0n) is 21.2. The number of anilines is 1. The molecule has 6 rings (SSSR count). The van der Waals surface area contributed by atoms with Crippen LogP contribution in [0.5, 0.6) is 11.5 Å². The summed E-state index contributed by atoms with van der Waals surface area (Å²) in [6.45, 7) is 0.756. The predicted molar refractivity (Wildman–Crippen MR) is 152 cm³/mol. The zero-order chi connectivity index (χ0) is 26.6. The molecule has 39 heavy (non-hydrogen) atoms. The largest absolute Gasteiger partial charge is 0.455 e. The Morgan fingerprint density at radius 1 is 0.923 bits per heavy atom. The van der Waals surface area contributed by atoms with Gasteiger partial charge in [-0.25, -0.2) is 4.98 Å². The molecule has 0 unspecified atom stereocenters. The first-order valence-corrected chi connectivity index (χ1v) is 14.0. The van der Waals surface area contributed by atoms with Crippen molar-refractivity contribution >= 4 is 23.4 Å². The summed E-state index contributed by atoms with van der Waals surface area (Å²) >= 11 is 1.35. The number of carbonyl (C=O) groups is 1. The van der Waals surface area contributed by atoms with Crippen LogP contribution in [0.4, 0.5) is 5.69 Å². The van der Waals surface area contributed by atoms with E-state index in [4.69, 9.17) is 9.72 Å². The Morgan fingerprint density at radius 2 is 1.67 bits per heavy atom. The molecule has 3 aliphatic heterocycles. The lowest BCUT2D eigenvalue weighted by Crippen LogP contribution is -2.20. The van der Waals surface area contributed by atoms with Gasteiger partial charge in [0.05, 0.1) is 17.1 Å². The van der Waals surface area contributed by atoms with Gasteiger partial charge in [-0.1, -0.05) is 66.7 Å². The Morgan fingerprint density at radius 3 is 2.49 bits per heavy atom. The van der Waals surface area contributed by atoms with Crippen LogP contribution in [0.1, 0.15) is 25.0 Å². The molecule has 0 fully saturated rings. The summed E-state index contributed by atoms with van der Waals surface area (Å²) in [5.74, 6) is 1.66. The summed E-state index contributed by atoms with van der Waals surface area (Å²) < 4.78 is 9.52. The van der Waals surface area contributed by atoms with Gasteiger partial charge in [0.15, 0.2) is 16.7 Å². The van der Waals surface area contributed by atoms with Gasteiger partial charge in [0, 0.05) is 12.2 Å². The smallest absolute Gasteiger partial charge is 0.284 e. The van der Waals surface area contributed by atoms with Gasteiger partial charge in [0.2, 0.25) is 5.91 Å². The van der Waals surface area contributed by atoms with Crippen LogP contribution in [-0.4, -0.2) is 31.0 Å². The van der Waals surface area contributed by atoms with Gasteiger partial charge in [0.25, 0.3) is 5.56 Å². The number of hydrogen-bond acceptors (Lipinski definition) is 6. The monoisotopic (exact) mass is 537 g/mol. The molecule has 8 nitrogen and oxygen atoms in total. The molecular formula is C30H27N5O3S. The minimum atomic E-state index is -0.173. The van der Waals surface area contributed by atoms with Gasteiger partial charge in [0.1, 0.15) is 11.3 Å². The average molecular weight is 538 g/mol. The molecule has 3 aliphatic rings. The third-order valence-electron chi connectivity index (χ3n) is 6.63. The van der Waals surface area contributed by atoms with E-state index in [1.807, 2.05) is 84.9 Å². The predicted octanol–water partition coefficient (Wildman–Crippen LogP) is 5.78. The maximum absolute atomic E-state index is 13.4. The maximum atomic E-state index is 13.4. The minimum absolute atomic E-state index is 0.154. The fraction of sp³-hybridized carbons (Fsp3) is 0.200. The van der Waals surface area contributed by atoms with Crippen LogP contribution in [0.3, 0.4) is 0 Å². The van der Waals surface area contributed by atoms with Crippen molar-refractivity contribution in [1.82, 2.24) is 19.3 Å². The van der Waals surface area contributed by atoms with Crippen molar-refractivity contribution in [2.75, 3.05) is 11.1 Å². The number of rotatable bonds is 7. The normalized spacial score (nSPS) is 13.0. The van der Waals surface area contributed by atoms with E-state index in [0.29, 0.717) is 39.4 Å². The van der Waals surface area contributed by atoms with Gasteiger partial charge in [-0.2, -0.15) is 4.68 Å². The summed E-state index contributed by atoms with van der Waals surface area (Å²) in [5, 5.41) is 8.25. The van der Waals surface area contributed by atoms with Gasteiger partial charge < -0.3 is 14.6 Å². The Balaban J connectivity index is 1.26. The molecule has 0 aromatic heterocycles. The first-order valence-electron chi connectivity index (χ1n) is 13.0. The molecule has 0 saturated heterocycles. The molecule has 0 saturated carbocycles. The highest BCUT2D eigenvalue weighted by molar-refractivity contribution is 7.99. The average Bonchev–Trinajstić information content (AvgIpc) is 3.12. The van der Waals surface area contributed by atoms with Crippen LogP contribution >= 0.6 is 11.8 Å². The zero-order valence-corrected chi connectivity index (χ0v) is 22.1. The van der Waals surface area contributed by atoms with Crippen molar-refractivity contribution in [3.8, 4) is 28.6 Å². The van der Waals surface area contributed by atoms with Gasteiger partial charge in [-0.05, 0) is 55.7 Å². The first-order chi connectivity index (χ1) is 19.2. The summed E-state index contributed by atoms with van der Waals surface area (Å²) in [6.07, 6.45) is 3.85. The van der Waals surface area contributed by atoms with Crippen molar-refractivity contribution in [2.24, 2.45) is 0 Å². The number of amides is 1. The van der Waals surface area contributed by atoms with Crippen molar-refractivity contribution < 1.29 is 9.53 Å². The maximum Gasteiger partial charge on any atom is 0.284 e. The molecule has 0 atom stereocenters. The van der Waals surface area contributed by atoms with Crippen LogP contribution in [0.15, 0.2) is 94.9 Å². The molecule has 0 spiro atoms. The van der Waals surface area contributed by atoms with Crippen molar-refractivity contribution in [1.29, 1.82) is 0 Å². The minimum Gasteiger partial charge on any atom is -0.455 e. The molecule has 0 radical (unpaired) electrons. The molecular weight excluding hydrogens is 510 g/mol. The van der Waals surface area contributed by atoms with Gasteiger partial charge in [-0.3, -0.25) is 9.59 Å². The van der Waals surface area contributed by atoms with E-state index in [1.165, 1.54) is 16.4 Å². The standard InChI is InChI=1S/C30H27N5O3S/c36-26(31-23-16-9-10-18-25(23)38-22-14-6-2-7-15-22)20-39-30-32-28-27(24-17-8-3-11-19-34(24)30)29(37)35(33-28)21-12-4-1-5-13-21/h1-2,4-7,9-10,12-16,18H,3,8,11,17,19-20H2,(H,31,36). The number of carbonyl (C=O) groups excluding carboxylic acids is 1. The highest BCUT2D eigenvalue weighted by Crippen LogP contribution is 2.32. The highest BCUT2D eigenvalue weighted by Gasteiger charge is 2.27. The van der Waals surface area contributed by atoms with Crippen LogP contribution in [0.2, 0.25) is 0 Å². The number of nitrogens with zero attached hydrogens (tertiary/aromatic N) is 4. The molecule has 9 heteroatoms. The van der Waals surface area contributed by atoms with Crippen LogP contribution in [-0.2, 0) is 17.8 Å². The quantitative estimate of drug-likeness (QED) is 0.209. The number of fused-ring (bicyclic) bond motifs is 3. The Hall–Kier alpha value is -4.37. The molecule has 3 heterocycles. The third-order valence-corrected chi connectivity index (χ3v) is 7.61. The fourth-order valence-corrected chi connectivity index (χ4v) is 5.64. The molecule has 1 N–H and O–H groups in total. The van der Waals surface area contributed by atoms with Gasteiger partial charge >= 0.3 is 0 Å². The van der Waals surface area contributed by atoms with Crippen LogP contribution in [0.25, 0.3) is 17.1 Å². The molecule has 3 aromatic carbocycles. The summed E-state index contributed by atoms with van der Waals surface area (Å²) in [5.41, 5.74) is 2.67. The SMILES string of the molecule is O=C(CSc1nc2nn(-c3ccccc3)c(=O)c-2c2n1CCCCC2)Nc1ccccc1Oc1ccccc1. The van der Waals surface area contributed by atoms with E-state index in [0.717, 1.165) is 37.9 Å². The van der Waals surface area contributed by atoms with Crippen LogP contribution < -0.4 is 15.6 Å². The van der Waals surface area contributed by atoms with E-state index in [1.54, 1.807) is 0 Å². The molecule has 3 aromatic rings. The Bertz CT molecular complexity index is 1630. The second kappa shape index (κ2) is 11.2. The van der Waals surface area contributed by atoms with E-state index < -0.39 is 0 Å². The second-order valence-electron chi connectivity index (χ2n) is 9.30. The third kappa shape index (κ3) is 5.31. The number of hydrogen-bond donors (Lipinski definition) is 1. The van der Waals surface area contributed by atoms with E-state index in [2.05, 4.69) is 15.0 Å². The number of aromatic nitrogens is 4. The number of ether oxygens (including phenoxy) is 1. The Kier molecular flexibility index (Phi) is 7.14. The van der Waals surface area contributed by atoms with E-state index >= 15 is 0 Å². The van der Waals surface area contributed by atoms with Gasteiger partial charge in [-0.15, -0.1) is 5.10 Å². The fourth-order valence-electron chi connectivity index (χ4n) is 4.80. The molecule has 0 aliphatic carbocycles. The van der Waals surface area contributed by atoms with Crippen molar-refractivity contribution in [3.05, 3.63) is 101 Å². The summed E-state index contributed by atoms with van der Waals surface area (Å²) in [4.78, 5) is 31.2. The lowest BCUT2D eigenvalue weighted by atomic mass is 10.1. The lowest BCUT2D eigenvalue weighted by molar-refractivity contribution is -0.113. The summed E-state index contributed by atoms with van der Waals surface area (Å²) in [7, 11) is 0. The number of nitrogens with one attached hydrogen (secondary N) is 1. The van der Waals surface area contributed by atoms with Crippen molar-refractivity contribution in [2.45, 2.75) is 37.4 Å². The number of thioether (sulfide) groups is 1. The number of para-hydroxylation sites is 4. The lowest BCUT2D eigenvalue weighted by Gasteiger charge is -2.17. The molecule has 1 amide bonds. The van der Waals surface area contributed by atoms with Crippen molar-refractivity contribution in [3.63, 3.8) is 0 Å². The van der Waals surface area contributed by atoms with Crippen LogP contribution in [0, 0.1) is 0 Å². The summed E-state index contributed by atoms with van der Waals surface area (Å²) in [6, 6.07) is 26.2. The molecule has 196 valence electrons. The van der Waals surface area contributed by atoms with E-state index in [9.17, 15) is 9.59 Å². The highest BCUT2D eigenvalue weighted by atomic mass is 32.2. The topological polar surface area (TPSA) is 91.0 Å². The first kappa shape index (κ1) is 24.9.